The highest BCUT2D eigenvalue weighted by Gasteiger charge is 2.42. The SMILES string of the molecule is COC1(c2cc(S(N)(=O)=O)nn2C)CCOC1.COc1ccc(CN(Cc2ccc(OC)cc2)S(=O)(=O)c2cc(C3(OC)CCOC3)n(C)n2)cc1. The molecule has 2 aromatic carbocycles. The van der Waals surface area contributed by atoms with Crippen LogP contribution in [-0.2, 0) is 77.4 Å². The normalized spacial score (nSPS) is 20.5. The molecule has 0 radical (unpaired) electrons. The van der Waals surface area contributed by atoms with Gasteiger partial charge in [-0.3, -0.25) is 9.36 Å². The Morgan fingerprint density at radius 3 is 1.44 bits per heavy atom. The molecule has 16 nitrogen and oxygen atoms in total. The highest BCUT2D eigenvalue weighted by Crippen LogP contribution is 2.36. The molecule has 0 amide bonds. The summed E-state index contributed by atoms with van der Waals surface area (Å²) in [6.07, 6.45) is 1.29. The molecule has 4 aromatic rings. The molecule has 284 valence electrons. The third-order valence-corrected chi connectivity index (χ3v) is 11.8. The minimum atomic E-state index is -3.95. The van der Waals surface area contributed by atoms with Crippen LogP contribution in [0.4, 0.5) is 0 Å². The van der Waals surface area contributed by atoms with Gasteiger partial charge in [0.1, 0.15) is 22.7 Å². The van der Waals surface area contributed by atoms with Gasteiger partial charge in [0, 0.05) is 79.6 Å². The largest absolute Gasteiger partial charge is 0.497 e. The third-order valence-electron chi connectivity index (χ3n) is 9.33. The van der Waals surface area contributed by atoms with Gasteiger partial charge in [-0.05, 0) is 35.4 Å². The van der Waals surface area contributed by atoms with Crippen molar-refractivity contribution in [3.05, 3.63) is 83.2 Å². The maximum absolute atomic E-state index is 13.9. The molecule has 2 aliphatic heterocycles. The van der Waals surface area contributed by atoms with Gasteiger partial charge in [0.15, 0.2) is 10.1 Å². The summed E-state index contributed by atoms with van der Waals surface area (Å²) in [6, 6.07) is 17.7. The average molecular weight is 763 g/mol. The summed E-state index contributed by atoms with van der Waals surface area (Å²) in [6.45, 7) is 2.19. The fourth-order valence-electron chi connectivity index (χ4n) is 6.25. The maximum Gasteiger partial charge on any atom is 0.263 e. The third kappa shape index (κ3) is 8.34. The number of hydrogen-bond donors (Lipinski definition) is 1. The van der Waals surface area contributed by atoms with Crippen molar-refractivity contribution >= 4 is 20.0 Å². The standard InChI is InChI=1S/C25H31N3O6S.C9H15N3O4S/c1-27-23(25(33-4)13-14-34-18-25)15-24(26-27)35(29,30)28(16-19-5-9-21(31-2)10-6-19)17-20-7-11-22(32-3)12-8-20;1-12-7(5-8(11-12)17(10,13)14)9(15-2)3-4-16-6-9/h5-12,15H,13-14,16-18H2,1-4H3;5H,3-4,6H2,1-2H3,(H2,10,13,14). The zero-order valence-electron chi connectivity index (χ0n) is 30.1. The lowest BCUT2D eigenvalue weighted by atomic mass is 9.99. The first-order valence-corrected chi connectivity index (χ1v) is 19.3. The van der Waals surface area contributed by atoms with Gasteiger partial charge < -0.3 is 28.4 Å². The van der Waals surface area contributed by atoms with Gasteiger partial charge in [0.25, 0.3) is 20.0 Å². The van der Waals surface area contributed by atoms with E-state index in [4.69, 9.17) is 33.6 Å². The number of sulfonamides is 2. The van der Waals surface area contributed by atoms with E-state index in [0.29, 0.717) is 62.2 Å². The van der Waals surface area contributed by atoms with Crippen molar-refractivity contribution in [2.75, 3.05) is 54.9 Å². The smallest absolute Gasteiger partial charge is 0.263 e. The molecule has 52 heavy (non-hydrogen) atoms. The summed E-state index contributed by atoms with van der Waals surface area (Å²) < 4.78 is 87.3. The summed E-state index contributed by atoms with van der Waals surface area (Å²) >= 11 is 0. The molecule has 18 heteroatoms. The van der Waals surface area contributed by atoms with Crippen molar-refractivity contribution in [1.29, 1.82) is 0 Å². The molecule has 2 aromatic heterocycles. The molecule has 0 saturated carbocycles. The number of nitrogens with zero attached hydrogens (tertiary/aromatic N) is 5. The highest BCUT2D eigenvalue weighted by molar-refractivity contribution is 7.89. The van der Waals surface area contributed by atoms with Gasteiger partial charge in [-0.15, -0.1) is 0 Å². The van der Waals surface area contributed by atoms with Crippen LogP contribution in [0.5, 0.6) is 11.5 Å². The number of methoxy groups -OCH3 is 4. The van der Waals surface area contributed by atoms with Crippen LogP contribution in [0.25, 0.3) is 0 Å². The molecule has 0 aliphatic carbocycles. The number of benzene rings is 2. The Morgan fingerprint density at radius 1 is 0.712 bits per heavy atom. The van der Waals surface area contributed by atoms with Crippen LogP contribution in [0.1, 0.15) is 35.4 Å². The molecule has 2 fully saturated rings. The molecule has 2 aliphatic rings. The Hall–Kier alpha value is -3.88. The van der Waals surface area contributed by atoms with Gasteiger partial charge in [0.2, 0.25) is 0 Å². The van der Waals surface area contributed by atoms with Gasteiger partial charge in [-0.25, -0.2) is 22.0 Å². The number of nitrogens with two attached hydrogens (primary N) is 1. The predicted molar refractivity (Wildman–Crippen MR) is 188 cm³/mol. The second kappa shape index (κ2) is 16.0. The molecule has 6 rings (SSSR count). The molecule has 2 N–H and O–H groups in total. The number of ether oxygens (including phenoxy) is 6. The summed E-state index contributed by atoms with van der Waals surface area (Å²) in [7, 11) is 1.99. The Morgan fingerprint density at radius 2 is 1.12 bits per heavy atom. The fourth-order valence-corrected chi connectivity index (χ4v) is 8.16. The van der Waals surface area contributed by atoms with E-state index in [9.17, 15) is 16.8 Å². The molecule has 4 heterocycles. The van der Waals surface area contributed by atoms with Gasteiger partial charge in [-0.1, -0.05) is 24.3 Å². The topological polar surface area (TPSA) is 189 Å². The second-order valence-electron chi connectivity index (χ2n) is 12.5. The average Bonchev–Trinajstić information content (AvgIpc) is 3.96. The predicted octanol–water partition coefficient (Wildman–Crippen LogP) is 2.42. The molecule has 0 spiro atoms. The van der Waals surface area contributed by atoms with Crippen molar-refractivity contribution in [3.8, 4) is 11.5 Å². The molecule has 2 atom stereocenters. The second-order valence-corrected chi connectivity index (χ2v) is 15.9. The Bertz CT molecular complexity index is 1970. The van der Waals surface area contributed by atoms with Crippen molar-refractivity contribution in [2.24, 2.45) is 19.2 Å². The fraction of sp³-hybridized carbons (Fsp3) is 0.471. The first-order valence-electron chi connectivity index (χ1n) is 16.3. The van der Waals surface area contributed by atoms with Gasteiger partial charge >= 0.3 is 0 Å². The van der Waals surface area contributed by atoms with Crippen molar-refractivity contribution in [1.82, 2.24) is 23.9 Å². The van der Waals surface area contributed by atoms with E-state index in [0.717, 1.165) is 11.1 Å². The first kappa shape index (κ1) is 39.3. The van der Waals surface area contributed by atoms with E-state index in [-0.39, 0.29) is 23.1 Å². The van der Waals surface area contributed by atoms with E-state index < -0.39 is 31.2 Å². The minimum absolute atomic E-state index is 0.0275. The van der Waals surface area contributed by atoms with E-state index in [1.54, 1.807) is 53.3 Å². The quantitative estimate of drug-likeness (QED) is 0.210. The Labute approximate surface area is 304 Å². The summed E-state index contributed by atoms with van der Waals surface area (Å²) in [5, 5.41) is 13.1. The van der Waals surface area contributed by atoms with E-state index in [1.165, 1.54) is 15.1 Å². The lowest BCUT2D eigenvalue weighted by molar-refractivity contribution is -0.0273. The van der Waals surface area contributed by atoms with Crippen molar-refractivity contribution in [2.45, 2.75) is 47.2 Å². The van der Waals surface area contributed by atoms with Crippen LogP contribution in [0.15, 0.2) is 70.7 Å². The van der Waals surface area contributed by atoms with E-state index >= 15 is 0 Å². The zero-order chi connectivity index (χ0) is 37.7. The minimum Gasteiger partial charge on any atom is -0.497 e. The van der Waals surface area contributed by atoms with Crippen LogP contribution in [0.3, 0.4) is 0 Å². The number of aryl methyl sites for hydroxylation is 2. The first-order chi connectivity index (χ1) is 24.7. The van der Waals surface area contributed by atoms with E-state index in [2.05, 4.69) is 10.2 Å². The van der Waals surface area contributed by atoms with Crippen molar-refractivity contribution in [3.63, 3.8) is 0 Å². The number of rotatable bonds is 13. The number of aromatic nitrogens is 4. The van der Waals surface area contributed by atoms with Crippen molar-refractivity contribution < 1.29 is 45.3 Å². The summed E-state index contributed by atoms with van der Waals surface area (Å²) in [4.78, 5) is 0. The highest BCUT2D eigenvalue weighted by atomic mass is 32.2. The maximum atomic E-state index is 13.9. The zero-order valence-corrected chi connectivity index (χ0v) is 31.8. The number of primary sulfonamides is 1. The van der Waals surface area contributed by atoms with Gasteiger partial charge in [-0.2, -0.15) is 14.5 Å². The van der Waals surface area contributed by atoms with Crippen LogP contribution in [0.2, 0.25) is 0 Å². The Balaban J connectivity index is 0.000000257. The van der Waals surface area contributed by atoms with Crippen LogP contribution in [0, 0.1) is 0 Å². The summed E-state index contributed by atoms with van der Waals surface area (Å²) in [5.41, 5.74) is 1.64. The molecular formula is C34H46N6O10S2. The number of hydrogen-bond acceptors (Lipinski definition) is 12. The molecular weight excluding hydrogens is 717 g/mol. The molecule has 0 bridgehead atoms. The lowest BCUT2D eigenvalue weighted by Gasteiger charge is -2.25. The van der Waals surface area contributed by atoms with Crippen LogP contribution < -0.4 is 14.6 Å². The van der Waals surface area contributed by atoms with E-state index in [1.807, 2.05) is 48.5 Å². The molecule has 2 unspecified atom stereocenters. The summed E-state index contributed by atoms with van der Waals surface area (Å²) in [5.74, 6) is 1.41. The monoisotopic (exact) mass is 762 g/mol. The van der Waals surface area contributed by atoms with Crippen LogP contribution >= 0.6 is 0 Å². The van der Waals surface area contributed by atoms with Crippen LogP contribution in [-0.4, -0.2) is 95.6 Å². The van der Waals surface area contributed by atoms with Gasteiger partial charge in [0.05, 0.1) is 38.8 Å². The molecule has 2 saturated heterocycles. The Kier molecular flexibility index (Phi) is 12.1. The lowest BCUT2D eigenvalue weighted by Crippen LogP contribution is -2.31.